The standard InChI is InChI=1S/C28H30O/c1-27(2,25-17-9-13-21-11-5-7-15-23(21)25)19-29-20-28(3,4)26-18-10-14-22-12-6-8-16-24(22)26/h5-18H,19-20H2,1-4H3. The molecule has 1 nitrogen and oxygen atoms in total. The van der Waals surface area contributed by atoms with E-state index in [1.165, 1.54) is 32.7 Å². The van der Waals surface area contributed by atoms with Gasteiger partial charge < -0.3 is 4.74 Å². The Bertz CT molecular complexity index is 1040. The van der Waals surface area contributed by atoms with Crippen LogP contribution in [0.3, 0.4) is 0 Å². The fraction of sp³-hybridized carbons (Fsp3) is 0.286. The van der Waals surface area contributed by atoms with Crippen molar-refractivity contribution in [2.45, 2.75) is 38.5 Å². The van der Waals surface area contributed by atoms with Gasteiger partial charge in [0.05, 0.1) is 13.2 Å². The Morgan fingerprint density at radius 1 is 0.517 bits per heavy atom. The maximum absolute atomic E-state index is 6.37. The molecule has 0 radical (unpaired) electrons. The first kappa shape index (κ1) is 19.7. The zero-order chi connectivity index (χ0) is 20.5. The first-order valence-electron chi connectivity index (χ1n) is 10.4. The van der Waals surface area contributed by atoms with Crippen LogP contribution in [0.2, 0.25) is 0 Å². The number of hydrogen-bond donors (Lipinski definition) is 0. The Morgan fingerprint density at radius 3 is 1.34 bits per heavy atom. The second-order valence-corrected chi connectivity index (χ2v) is 9.31. The molecule has 0 N–H and O–H groups in total. The Hall–Kier alpha value is -2.64. The monoisotopic (exact) mass is 382 g/mol. The summed E-state index contributed by atoms with van der Waals surface area (Å²) in [5, 5.41) is 5.21. The predicted molar refractivity (Wildman–Crippen MR) is 125 cm³/mol. The van der Waals surface area contributed by atoms with Crippen molar-refractivity contribution < 1.29 is 4.74 Å². The van der Waals surface area contributed by atoms with Crippen molar-refractivity contribution in [1.82, 2.24) is 0 Å². The van der Waals surface area contributed by atoms with Gasteiger partial charge in [-0.25, -0.2) is 0 Å². The summed E-state index contributed by atoms with van der Waals surface area (Å²) in [5.74, 6) is 0. The van der Waals surface area contributed by atoms with Crippen LogP contribution in [0.1, 0.15) is 38.8 Å². The quantitative estimate of drug-likeness (QED) is 0.341. The summed E-state index contributed by atoms with van der Waals surface area (Å²) in [6, 6.07) is 30.4. The molecule has 0 fully saturated rings. The highest BCUT2D eigenvalue weighted by Gasteiger charge is 2.27. The molecule has 0 aliphatic heterocycles. The molecule has 4 aromatic carbocycles. The van der Waals surface area contributed by atoms with Crippen LogP contribution >= 0.6 is 0 Å². The lowest BCUT2D eigenvalue weighted by Gasteiger charge is -2.31. The number of fused-ring (bicyclic) bond motifs is 2. The summed E-state index contributed by atoms with van der Waals surface area (Å²) in [4.78, 5) is 0. The van der Waals surface area contributed by atoms with Crippen LogP contribution in [0.5, 0.6) is 0 Å². The number of benzene rings is 4. The van der Waals surface area contributed by atoms with Gasteiger partial charge in [-0.2, -0.15) is 0 Å². The average molecular weight is 383 g/mol. The molecule has 0 unspecified atom stereocenters. The van der Waals surface area contributed by atoms with Gasteiger partial charge in [0, 0.05) is 10.8 Å². The largest absolute Gasteiger partial charge is 0.380 e. The topological polar surface area (TPSA) is 9.23 Å². The van der Waals surface area contributed by atoms with E-state index in [1.807, 2.05) is 0 Å². The second-order valence-electron chi connectivity index (χ2n) is 9.31. The zero-order valence-electron chi connectivity index (χ0n) is 17.9. The van der Waals surface area contributed by atoms with E-state index in [-0.39, 0.29) is 10.8 Å². The van der Waals surface area contributed by atoms with Crippen LogP contribution in [0.15, 0.2) is 84.9 Å². The summed E-state index contributed by atoms with van der Waals surface area (Å²) in [6.45, 7) is 10.5. The van der Waals surface area contributed by atoms with E-state index in [2.05, 4.69) is 113 Å². The van der Waals surface area contributed by atoms with Crippen molar-refractivity contribution in [3.63, 3.8) is 0 Å². The van der Waals surface area contributed by atoms with E-state index in [4.69, 9.17) is 4.74 Å². The van der Waals surface area contributed by atoms with Crippen LogP contribution in [-0.4, -0.2) is 13.2 Å². The minimum Gasteiger partial charge on any atom is -0.380 e. The molecule has 0 atom stereocenters. The molecule has 0 bridgehead atoms. The van der Waals surface area contributed by atoms with Gasteiger partial charge in [-0.15, -0.1) is 0 Å². The smallest absolute Gasteiger partial charge is 0.0558 e. The van der Waals surface area contributed by atoms with E-state index in [0.717, 1.165) is 0 Å². The van der Waals surface area contributed by atoms with Crippen molar-refractivity contribution >= 4 is 21.5 Å². The third kappa shape index (κ3) is 3.93. The molecule has 148 valence electrons. The first-order valence-corrected chi connectivity index (χ1v) is 10.4. The lowest BCUT2D eigenvalue weighted by molar-refractivity contribution is 0.0641. The minimum atomic E-state index is -0.0598. The maximum Gasteiger partial charge on any atom is 0.0558 e. The molecule has 0 saturated heterocycles. The first-order chi connectivity index (χ1) is 13.9. The molecule has 4 aromatic rings. The van der Waals surface area contributed by atoms with Gasteiger partial charge in [0.2, 0.25) is 0 Å². The number of ether oxygens (including phenoxy) is 1. The molecule has 0 aliphatic carbocycles. The van der Waals surface area contributed by atoms with Crippen molar-refractivity contribution in [2.24, 2.45) is 0 Å². The number of rotatable bonds is 6. The maximum atomic E-state index is 6.37. The van der Waals surface area contributed by atoms with Gasteiger partial charge in [-0.1, -0.05) is 113 Å². The molecule has 29 heavy (non-hydrogen) atoms. The van der Waals surface area contributed by atoms with Crippen LogP contribution in [0.25, 0.3) is 21.5 Å². The molecule has 0 heterocycles. The summed E-state index contributed by atoms with van der Waals surface area (Å²) in [7, 11) is 0. The highest BCUT2D eigenvalue weighted by Crippen LogP contribution is 2.33. The molecule has 0 saturated carbocycles. The molecule has 0 spiro atoms. The minimum absolute atomic E-state index is 0.0598. The van der Waals surface area contributed by atoms with Crippen LogP contribution in [0, 0.1) is 0 Å². The highest BCUT2D eigenvalue weighted by atomic mass is 16.5. The van der Waals surface area contributed by atoms with E-state index in [1.54, 1.807) is 0 Å². The lowest BCUT2D eigenvalue weighted by atomic mass is 9.81. The third-order valence-corrected chi connectivity index (χ3v) is 5.96. The van der Waals surface area contributed by atoms with E-state index in [0.29, 0.717) is 13.2 Å². The molecular formula is C28H30O. The van der Waals surface area contributed by atoms with Gasteiger partial charge in [0.15, 0.2) is 0 Å². The molecule has 1 heteroatoms. The number of hydrogen-bond acceptors (Lipinski definition) is 1. The van der Waals surface area contributed by atoms with Gasteiger partial charge in [-0.05, 0) is 32.7 Å². The Kier molecular flexibility index (Phi) is 5.19. The van der Waals surface area contributed by atoms with Gasteiger partial charge in [0.1, 0.15) is 0 Å². The molecule has 0 aliphatic rings. The van der Waals surface area contributed by atoms with Crippen molar-refractivity contribution in [3.8, 4) is 0 Å². The molecule has 0 aromatic heterocycles. The van der Waals surface area contributed by atoms with Crippen LogP contribution in [0.4, 0.5) is 0 Å². The summed E-state index contributed by atoms with van der Waals surface area (Å²) < 4.78 is 6.37. The Morgan fingerprint density at radius 2 is 0.897 bits per heavy atom. The summed E-state index contributed by atoms with van der Waals surface area (Å²) >= 11 is 0. The predicted octanol–water partition coefficient (Wildman–Crippen LogP) is 7.27. The van der Waals surface area contributed by atoms with Gasteiger partial charge in [0.25, 0.3) is 0 Å². The fourth-order valence-corrected chi connectivity index (χ4v) is 4.35. The Balaban J connectivity index is 1.54. The lowest BCUT2D eigenvalue weighted by Crippen LogP contribution is -2.30. The molecule has 4 rings (SSSR count). The van der Waals surface area contributed by atoms with Crippen molar-refractivity contribution in [2.75, 3.05) is 13.2 Å². The van der Waals surface area contributed by atoms with E-state index < -0.39 is 0 Å². The van der Waals surface area contributed by atoms with Crippen molar-refractivity contribution in [3.05, 3.63) is 96.1 Å². The van der Waals surface area contributed by atoms with Crippen LogP contribution in [-0.2, 0) is 15.6 Å². The average Bonchev–Trinajstić information content (AvgIpc) is 2.72. The van der Waals surface area contributed by atoms with E-state index >= 15 is 0 Å². The zero-order valence-corrected chi connectivity index (χ0v) is 17.9. The Labute approximate surface area is 174 Å². The molecular weight excluding hydrogens is 352 g/mol. The van der Waals surface area contributed by atoms with Gasteiger partial charge in [-0.3, -0.25) is 0 Å². The van der Waals surface area contributed by atoms with E-state index in [9.17, 15) is 0 Å². The normalized spacial score (nSPS) is 12.6. The SMILES string of the molecule is CC(C)(COCC(C)(C)c1cccc2ccccc12)c1cccc2ccccc12. The summed E-state index contributed by atoms with van der Waals surface area (Å²) in [5.41, 5.74) is 2.57. The van der Waals surface area contributed by atoms with Gasteiger partial charge >= 0.3 is 0 Å². The van der Waals surface area contributed by atoms with Crippen LogP contribution < -0.4 is 0 Å². The highest BCUT2D eigenvalue weighted by molar-refractivity contribution is 5.87. The summed E-state index contributed by atoms with van der Waals surface area (Å²) in [6.07, 6.45) is 0. The van der Waals surface area contributed by atoms with Crippen molar-refractivity contribution in [1.29, 1.82) is 0 Å². The molecule has 0 amide bonds. The second kappa shape index (κ2) is 7.65. The fourth-order valence-electron chi connectivity index (χ4n) is 4.35. The third-order valence-electron chi connectivity index (χ3n) is 5.96.